The van der Waals surface area contributed by atoms with Gasteiger partial charge >= 0.3 is 0 Å². The molecule has 2 heterocycles. The minimum Gasteiger partial charge on any atom is -0.343 e. The van der Waals surface area contributed by atoms with Gasteiger partial charge < -0.3 is 10.6 Å². The van der Waals surface area contributed by atoms with Crippen molar-refractivity contribution in [2.75, 3.05) is 11.9 Å². The van der Waals surface area contributed by atoms with Crippen molar-refractivity contribution in [3.63, 3.8) is 0 Å². The molecule has 2 aliphatic heterocycles. The first-order valence-electron chi connectivity index (χ1n) is 10.1. The number of benzene rings is 1. The van der Waals surface area contributed by atoms with E-state index in [2.05, 4.69) is 30.7 Å². The van der Waals surface area contributed by atoms with E-state index in [0.29, 0.717) is 11.1 Å². The summed E-state index contributed by atoms with van der Waals surface area (Å²) in [5, 5.41) is 10.8. The number of rotatable bonds is 5. The topological polar surface area (TPSA) is 70.6 Å². The van der Waals surface area contributed by atoms with Gasteiger partial charge in [0.1, 0.15) is 18.8 Å². The number of allylic oxidation sites excluding steroid dienone is 1. The van der Waals surface area contributed by atoms with Crippen LogP contribution in [0.5, 0.6) is 0 Å². The van der Waals surface area contributed by atoms with E-state index in [1.54, 1.807) is 0 Å². The van der Waals surface area contributed by atoms with Crippen LogP contribution in [0.25, 0.3) is 0 Å². The molecule has 0 radical (unpaired) electrons. The normalized spacial score (nSPS) is 26.6. The number of nitrogens with zero attached hydrogens (tertiary/aromatic N) is 2. The molecule has 0 fully saturated rings. The van der Waals surface area contributed by atoms with E-state index in [4.69, 9.17) is 5.10 Å². The van der Waals surface area contributed by atoms with Gasteiger partial charge in [0.15, 0.2) is 0 Å². The van der Waals surface area contributed by atoms with E-state index in [9.17, 15) is 9.59 Å². The summed E-state index contributed by atoms with van der Waals surface area (Å²) in [6, 6.07) is 7.90. The molecule has 0 spiro atoms. The molecule has 2 amide bonds. The summed E-state index contributed by atoms with van der Waals surface area (Å²) in [7, 11) is 0. The van der Waals surface area contributed by atoms with Crippen LogP contribution >= 0.6 is 0 Å². The van der Waals surface area contributed by atoms with Crippen molar-refractivity contribution < 1.29 is 14.2 Å². The van der Waals surface area contributed by atoms with Crippen LogP contribution in [-0.2, 0) is 15.1 Å². The molecule has 0 aromatic heterocycles. The summed E-state index contributed by atoms with van der Waals surface area (Å²) < 4.78 is 0.425. The van der Waals surface area contributed by atoms with Gasteiger partial charge in [-0.1, -0.05) is 22.8 Å². The molecule has 6 heteroatoms. The van der Waals surface area contributed by atoms with Crippen molar-refractivity contribution in [1.82, 2.24) is 5.32 Å². The van der Waals surface area contributed by atoms with Gasteiger partial charge in [-0.15, -0.1) is 0 Å². The fourth-order valence-electron chi connectivity index (χ4n) is 4.12. The largest absolute Gasteiger partial charge is 0.343 e. The lowest BCUT2D eigenvalue weighted by atomic mass is 9.81. The number of nitrogens with one attached hydrogen (secondary N) is 2. The molecule has 0 aliphatic carbocycles. The number of carbonyl (C=O) groups excluding carboxylic acids is 2. The lowest BCUT2D eigenvalue weighted by molar-refractivity contribution is -0.900. The van der Waals surface area contributed by atoms with Gasteiger partial charge in [0, 0.05) is 18.7 Å². The Kier molecular flexibility index (Phi) is 5.50. The lowest BCUT2D eigenvalue weighted by Crippen LogP contribution is -2.52. The molecule has 154 valence electrons. The Morgan fingerprint density at radius 2 is 1.93 bits per heavy atom. The second kappa shape index (κ2) is 7.59. The first-order valence-corrected chi connectivity index (χ1v) is 10.1. The molecule has 2 unspecified atom stereocenters. The maximum atomic E-state index is 13.1. The highest BCUT2D eigenvalue weighted by Gasteiger charge is 2.41. The summed E-state index contributed by atoms with van der Waals surface area (Å²) in [5.41, 5.74) is 4.17. The number of amides is 2. The number of hydrogen-bond acceptors (Lipinski definition) is 3. The van der Waals surface area contributed by atoms with Crippen molar-refractivity contribution in [2.45, 2.75) is 59.5 Å². The average molecular weight is 396 g/mol. The van der Waals surface area contributed by atoms with E-state index < -0.39 is 5.54 Å². The molecule has 0 saturated heterocycles. The standard InChI is InChI=1S/C23H30N4O2/c1-15(2)27(12-11-17(4)26-27)14-21-16(3)13-23(6,25-22(21)29)19-7-9-20(10-8-19)24-18(5)28/h7-12,15H,13-14H2,1-6H3,(H-,24,25,28,29)/p+1. The molecule has 1 aromatic carbocycles. The van der Waals surface area contributed by atoms with Gasteiger partial charge in [0.05, 0.1) is 16.8 Å². The Hall–Kier alpha value is -2.73. The highest BCUT2D eigenvalue weighted by atomic mass is 16.2. The zero-order chi connectivity index (χ0) is 21.4. The second-order valence-corrected chi connectivity index (χ2v) is 8.68. The molecule has 0 saturated carbocycles. The highest BCUT2D eigenvalue weighted by molar-refractivity contribution is 5.96. The molecule has 6 nitrogen and oxygen atoms in total. The van der Waals surface area contributed by atoms with Gasteiger partial charge in [0.25, 0.3) is 5.91 Å². The average Bonchev–Trinajstić information content (AvgIpc) is 3.00. The Balaban J connectivity index is 1.86. The molecule has 2 N–H and O–H groups in total. The van der Waals surface area contributed by atoms with Crippen molar-refractivity contribution in [3.05, 3.63) is 53.3 Å². The van der Waals surface area contributed by atoms with E-state index >= 15 is 0 Å². The van der Waals surface area contributed by atoms with E-state index in [1.807, 2.05) is 51.1 Å². The summed E-state index contributed by atoms with van der Waals surface area (Å²) in [4.78, 5) is 24.4. The number of carbonyl (C=O) groups is 2. The molecule has 0 bridgehead atoms. The van der Waals surface area contributed by atoms with Crippen LogP contribution in [0.3, 0.4) is 0 Å². The Morgan fingerprint density at radius 1 is 1.28 bits per heavy atom. The van der Waals surface area contributed by atoms with Crippen molar-refractivity contribution in [3.8, 4) is 0 Å². The van der Waals surface area contributed by atoms with Crippen molar-refractivity contribution in [2.24, 2.45) is 5.10 Å². The third-order valence-electron chi connectivity index (χ3n) is 5.86. The van der Waals surface area contributed by atoms with Crippen molar-refractivity contribution >= 4 is 23.2 Å². The highest BCUT2D eigenvalue weighted by Crippen LogP contribution is 2.36. The summed E-state index contributed by atoms with van der Waals surface area (Å²) >= 11 is 0. The zero-order valence-corrected chi connectivity index (χ0v) is 18.2. The van der Waals surface area contributed by atoms with Gasteiger partial charge in [-0.3, -0.25) is 9.59 Å². The minimum atomic E-state index is -0.484. The molecule has 3 rings (SSSR count). The summed E-state index contributed by atoms with van der Waals surface area (Å²) in [6.07, 6.45) is 4.84. The maximum Gasteiger partial charge on any atom is 0.253 e. The molecular formula is C23H31N4O2+. The van der Waals surface area contributed by atoms with Crippen LogP contribution in [0.15, 0.2) is 52.8 Å². The van der Waals surface area contributed by atoms with Gasteiger partial charge in [-0.05, 0) is 58.7 Å². The summed E-state index contributed by atoms with van der Waals surface area (Å²) in [6.45, 7) is 12.4. The third kappa shape index (κ3) is 4.17. The Labute approximate surface area is 173 Å². The SMILES string of the molecule is CC(=O)Nc1ccc(C2(C)CC(C)=C(C[N+]3(C(C)C)C=CC(C)=N3)C(=O)N2)cc1. The van der Waals surface area contributed by atoms with E-state index in [-0.39, 0.29) is 17.9 Å². The molecule has 2 aliphatic rings. The monoisotopic (exact) mass is 395 g/mol. The fraction of sp³-hybridized carbons (Fsp3) is 0.435. The van der Waals surface area contributed by atoms with Crippen molar-refractivity contribution in [1.29, 1.82) is 0 Å². The number of anilines is 1. The van der Waals surface area contributed by atoms with Crippen LogP contribution in [-0.4, -0.2) is 34.7 Å². The predicted octanol–water partition coefficient (Wildman–Crippen LogP) is 3.83. The molecular weight excluding hydrogens is 364 g/mol. The maximum absolute atomic E-state index is 13.1. The van der Waals surface area contributed by atoms with Crippen LogP contribution in [0.1, 0.15) is 53.5 Å². The summed E-state index contributed by atoms with van der Waals surface area (Å²) in [5.74, 6) is -0.136. The molecule has 29 heavy (non-hydrogen) atoms. The zero-order valence-electron chi connectivity index (χ0n) is 18.2. The Morgan fingerprint density at radius 3 is 2.41 bits per heavy atom. The number of quaternary nitrogens is 1. The van der Waals surface area contributed by atoms with Gasteiger partial charge in [-0.2, -0.15) is 4.59 Å². The van der Waals surface area contributed by atoms with E-state index in [0.717, 1.165) is 34.5 Å². The van der Waals surface area contributed by atoms with Crippen LogP contribution < -0.4 is 10.6 Å². The van der Waals surface area contributed by atoms with Crippen LogP contribution in [0.2, 0.25) is 0 Å². The number of hydrogen-bond donors (Lipinski definition) is 2. The van der Waals surface area contributed by atoms with Gasteiger partial charge in [-0.25, -0.2) is 0 Å². The second-order valence-electron chi connectivity index (χ2n) is 8.68. The fourth-order valence-corrected chi connectivity index (χ4v) is 4.12. The minimum absolute atomic E-state index is 0.0338. The Bertz CT molecular complexity index is 927. The quantitative estimate of drug-likeness (QED) is 0.744. The van der Waals surface area contributed by atoms with Crippen LogP contribution in [0, 0.1) is 0 Å². The molecule has 1 aromatic rings. The molecule has 2 atom stereocenters. The van der Waals surface area contributed by atoms with Crippen LogP contribution in [0.4, 0.5) is 5.69 Å². The third-order valence-corrected chi connectivity index (χ3v) is 5.86. The lowest BCUT2D eigenvalue weighted by Gasteiger charge is -2.39. The first-order chi connectivity index (χ1) is 13.5. The first kappa shape index (κ1) is 21.0. The van der Waals surface area contributed by atoms with E-state index in [1.165, 1.54) is 6.92 Å². The van der Waals surface area contributed by atoms with Gasteiger partial charge in [0.2, 0.25) is 5.91 Å². The predicted molar refractivity (Wildman–Crippen MR) is 116 cm³/mol. The smallest absolute Gasteiger partial charge is 0.253 e.